The van der Waals surface area contributed by atoms with Crippen molar-refractivity contribution in [2.45, 2.75) is 30.6 Å². The summed E-state index contributed by atoms with van der Waals surface area (Å²) in [6.45, 7) is 3.09. The van der Waals surface area contributed by atoms with Gasteiger partial charge in [0, 0.05) is 20.1 Å². The minimum Gasteiger partial charge on any atom is -0.477 e. The molecule has 0 aliphatic carbocycles. The molecule has 2 aromatic rings. The second kappa shape index (κ2) is 6.83. The van der Waals surface area contributed by atoms with Gasteiger partial charge in [0.05, 0.1) is 25.4 Å². The minimum absolute atomic E-state index is 0.0395. The van der Waals surface area contributed by atoms with Gasteiger partial charge < -0.3 is 9.84 Å². The van der Waals surface area contributed by atoms with E-state index < -0.39 is 16.0 Å². The number of carboxylic acid groups (broad SMARTS) is 1. The smallest absolute Gasteiger partial charge is 0.346 e. The Morgan fingerprint density at radius 3 is 2.88 bits per heavy atom. The van der Waals surface area contributed by atoms with E-state index in [4.69, 9.17) is 9.84 Å². The number of aromatic carboxylic acids is 1. The van der Waals surface area contributed by atoms with Crippen molar-refractivity contribution < 1.29 is 23.1 Å². The summed E-state index contributed by atoms with van der Waals surface area (Å²) in [6, 6.07) is 1.41. The summed E-state index contributed by atoms with van der Waals surface area (Å²) in [4.78, 5) is 11.2. The summed E-state index contributed by atoms with van der Waals surface area (Å²) in [7, 11) is -2.16. The molecule has 0 bridgehead atoms. The van der Waals surface area contributed by atoms with Gasteiger partial charge in [-0.25, -0.2) is 17.9 Å². The largest absolute Gasteiger partial charge is 0.477 e. The first-order chi connectivity index (χ1) is 11.8. The maximum Gasteiger partial charge on any atom is 0.346 e. The summed E-state index contributed by atoms with van der Waals surface area (Å²) in [5, 5.41) is 17.3. The molecule has 11 heteroatoms. The fourth-order valence-corrected chi connectivity index (χ4v) is 5.66. The Morgan fingerprint density at radius 1 is 1.48 bits per heavy atom. The molecule has 136 valence electrons. The van der Waals surface area contributed by atoms with Crippen LogP contribution in [0.4, 0.5) is 0 Å². The molecule has 2 aromatic heterocycles. The zero-order chi connectivity index (χ0) is 18.2. The van der Waals surface area contributed by atoms with Gasteiger partial charge in [0.1, 0.15) is 14.8 Å². The van der Waals surface area contributed by atoms with Crippen LogP contribution in [0.2, 0.25) is 0 Å². The van der Waals surface area contributed by atoms with Crippen LogP contribution in [0.3, 0.4) is 0 Å². The van der Waals surface area contributed by atoms with Crippen LogP contribution in [-0.2, 0) is 34.3 Å². The highest BCUT2D eigenvalue weighted by atomic mass is 32.2. The minimum atomic E-state index is -3.76. The second-order valence-electron chi connectivity index (χ2n) is 5.67. The van der Waals surface area contributed by atoms with E-state index in [1.165, 1.54) is 10.4 Å². The lowest BCUT2D eigenvalue weighted by Gasteiger charge is -2.25. The maximum absolute atomic E-state index is 12.8. The Balaban J connectivity index is 1.84. The highest BCUT2D eigenvalue weighted by molar-refractivity contribution is 7.91. The molecule has 25 heavy (non-hydrogen) atoms. The standard InChI is InChI=1S/C14H18N4O5S2/c1-9-7-12(24-13(9)14(19)20)25(21,22)17-4-3-11-10(8-17)15-16-18(11)5-6-23-2/h7H,3-6,8H2,1-2H3,(H,19,20). The average Bonchev–Trinajstić information content (AvgIpc) is 3.16. The molecule has 0 saturated heterocycles. The molecular formula is C14H18N4O5S2. The number of aryl methyl sites for hydroxylation is 1. The number of hydrogen-bond acceptors (Lipinski definition) is 7. The number of sulfonamides is 1. The molecule has 0 atom stereocenters. The lowest BCUT2D eigenvalue weighted by molar-refractivity contribution is 0.0701. The van der Waals surface area contributed by atoms with Gasteiger partial charge in [-0.1, -0.05) is 5.21 Å². The highest BCUT2D eigenvalue weighted by Gasteiger charge is 2.33. The van der Waals surface area contributed by atoms with E-state index in [-0.39, 0.29) is 15.6 Å². The predicted molar refractivity (Wildman–Crippen MR) is 89.2 cm³/mol. The third-order valence-corrected chi connectivity index (χ3v) is 7.55. The van der Waals surface area contributed by atoms with E-state index in [0.717, 1.165) is 17.0 Å². The van der Waals surface area contributed by atoms with Gasteiger partial charge in [-0.05, 0) is 18.6 Å². The lowest BCUT2D eigenvalue weighted by Crippen LogP contribution is -2.36. The number of aromatic nitrogens is 3. The van der Waals surface area contributed by atoms with Gasteiger partial charge in [-0.3, -0.25) is 0 Å². The molecule has 3 heterocycles. The number of thiophene rings is 1. The summed E-state index contributed by atoms with van der Waals surface area (Å²) >= 11 is 0.779. The Labute approximate surface area is 148 Å². The van der Waals surface area contributed by atoms with Crippen LogP contribution in [0.15, 0.2) is 10.3 Å². The van der Waals surface area contributed by atoms with Gasteiger partial charge in [-0.15, -0.1) is 16.4 Å². The number of nitrogens with zero attached hydrogens (tertiary/aromatic N) is 4. The second-order valence-corrected chi connectivity index (χ2v) is 8.89. The predicted octanol–water partition coefficient (Wildman–Crippen LogP) is 0.740. The quantitative estimate of drug-likeness (QED) is 0.778. The van der Waals surface area contributed by atoms with Gasteiger partial charge >= 0.3 is 5.97 Å². The number of rotatable bonds is 6. The van der Waals surface area contributed by atoms with Gasteiger partial charge in [0.2, 0.25) is 0 Å². The fourth-order valence-electron chi connectivity index (χ4n) is 2.72. The van der Waals surface area contributed by atoms with Crippen molar-refractivity contribution in [1.82, 2.24) is 19.3 Å². The van der Waals surface area contributed by atoms with E-state index in [1.807, 2.05) is 0 Å². The first-order valence-corrected chi connectivity index (χ1v) is 9.84. The molecule has 3 rings (SSSR count). The molecule has 0 radical (unpaired) electrons. The van der Waals surface area contributed by atoms with Gasteiger partial charge in [0.25, 0.3) is 10.0 Å². The van der Waals surface area contributed by atoms with Crippen LogP contribution >= 0.6 is 11.3 Å². The van der Waals surface area contributed by atoms with Crippen LogP contribution < -0.4 is 0 Å². The molecule has 9 nitrogen and oxygen atoms in total. The summed E-state index contributed by atoms with van der Waals surface area (Å²) in [6.07, 6.45) is 0.501. The molecule has 1 N–H and O–H groups in total. The van der Waals surface area contributed by atoms with E-state index in [2.05, 4.69) is 10.3 Å². The molecule has 0 spiro atoms. The Hall–Kier alpha value is -1.82. The Kier molecular flexibility index (Phi) is 4.91. The summed E-state index contributed by atoms with van der Waals surface area (Å²) < 4.78 is 33.8. The number of fused-ring (bicyclic) bond motifs is 1. The van der Waals surface area contributed by atoms with E-state index in [1.54, 1.807) is 18.7 Å². The van der Waals surface area contributed by atoms with E-state index in [9.17, 15) is 13.2 Å². The molecule has 1 aliphatic rings. The monoisotopic (exact) mass is 386 g/mol. The van der Waals surface area contributed by atoms with Crippen LogP contribution in [0.1, 0.15) is 26.6 Å². The summed E-state index contributed by atoms with van der Waals surface area (Å²) in [5.74, 6) is -1.12. The van der Waals surface area contributed by atoms with Crippen LogP contribution in [0.5, 0.6) is 0 Å². The zero-order valence-corrected chi connectivity index (χ0v) is 15.4. The molecular weight excluding hydrogens is 368 g/mol. The number of hydrogen-bond donors (Lipinski definition) is 1. The molecule has 0 aromatic carbocycles. The van der Waals surface area contributed by atoms with Crippen molar-refractivity contribution in [1.29, 1.82) is 0 Å². The molecule has 1 aliphatic heterocycles. The summed E-state index contributed by atoms with van der Waals surface area (Å²) in [5.41, 5.74) is 1.98. The van der Waals surface area contributed by atoms with Crippen molar-refractivity contribution in [2.75, 3.05) is 20.3 Å². The van der Waals surface area contributed by atoms with Gasteiger partial charge in [0.15, 0.2) is 0 Å². The number of methoxy groups -OCH3 is 1. The number of ether oxygens (including phenoxy) is 1. The normalized spacial score (nSPS) is 15.3. The Bertz CT molecular complexity index is 902. The SMILES string of the molecule is COCCn1nnc2c1CCN(S(=O)(=O)c1cc(C)c(C(=O)O)s1)C2. The number of carboxylic acids is 1. The maximum atomic E-state index is 12.8. The van der Waals surface area contributed by atoms with Crippen LogP contribution in [0, 0.1) is 6.92 Å². The highest BCUT2D eigenvalue weighted by Crippen LogP contribution is 2.31. The topological polar surface area (TPSA) is 115 Å². The first kappa shape index (κ1) is 18.0. The van der Waals surface area contributed by atoms with Crippen LogP contribution in [0.25, 0.3) is 0 Å². The van der Waals surface area contributed by atoms with Crippen molar-refractivity contribution in [3.63, 3.8) is 0 Å². The third kappa shape index (κ3) is 3.32. The van der Waals surface area contributed by atoms with Crippen molar-refractivity contribution >= 4 is 27.3 Å². The van der Waals surface area contributed by atoms with Crippen molar-refractivity contribution in [2.24, 2.45) is 0 Å². The van der Waals surface area contributed by atoms with Crippen molar-refractivity contribution in [3.8, 4) is 0 Å². The average molecular weight is 386 g/mol. The molecule has 0 amide bonds. The number of carbonyl (C=O) groups is 1. The molecule has 0 unspecified atom stereocenters. The molecule has 0 fully saturated rings. The molecule has 0 saturated carbocycles. The van der Waals surface area contributed by atoms with Crippen LogP contribution in [-0.4, -0.2) is 59.1 Å². The lowest BCUT2D eigenvalue weighted by atomic mass is 10.2. The fraction of sp³-hybridized carbons (Fsp3) is 0.500. The van der Waals surface area contributed by atoms with E-state index in [0.29, 0.717) is 37.4 Å². The van der Waals surface area contributed by atoms with E-state index >= 15 is 0 Å². The zero-order valence-electron chi connectivity index (χ0n) is 13.8. The van der Waals surface area contributed by atoms with Crippen molar-refractivity contribution in [3.05, 3.63) is 27.9 Å². The Morgan fingerprint density at radius 2 is 2.24 bits per heavy atom. The van der Waals surface area contributed by atoms with Gasteiger partial charge in [-0.2, -0.15) is 4.31 Å². The third-order valence-electron chi connectivity index (χ3n) is 4.03. The first-order valence-electron chi connectivity index (χ1n) is 7.58.